The number of alkyl halides is 3. The van der Waals surface area contributed by atoms with Gasteiger partial charge in [-0.2, -0.15) is 18.2 Å². The fourth-order valence-corrected chi connectivity index (χ4v) is 2.66. The topological polar surface area (TPSA) is 69.0 Å². The number of halogens is 3. The first-order valence-corrected chi connectivity index (χ1v) is 9.38. The van der Waals surface area contributed by atoms with Crippen LogP contribution in [0.1, 0.15) is 26.3 Å². The van der Waals surface area contributed by atoms with Crippen LogP contribution < -0.4 is 10.1 Å². The number of hydrogen-bond donors (Lipinski definition) is 1. The van der Waals surface area contributed by atoms with Crippen molar-refractivity contribution in [1.29, 1.82) is 0 Å². The summed E-state index contributed by atoms with van der Waals surface area (Å²) in [6.07, 6.45) is -4.47. The van der Waals surface area contributed by atoms with Gasteiger partial charge in [0.15, 0.2) is 5.82 Å². The molecule has 0 unspecified atom stereocenters. The third-order valence-electron chi connectivity index (χ3n) is 4.21. The molecule has 9 heteroatoms. The molecule has 0 bridgehead atoms. The second kappa shape index (κ2) is 8.56. The Morgan fingerprint density at radius 3 is 2.47 bits per heavy atom. The lowest BCUT2D eigenvalue weighted by Gasteiger charge is -2.11. The number of rotatable bonds is 6. The van der Waals surface area contributed by atoms with Gasteiger partial charge in [-0.25, -0.2) is 4.68 Å². The van der Waals surface area contributed by atoms with Crippen LogP contribution in [0.5, 0.6) is 6.01 Å². The molecule has 0 atom stereocenters. The molecule has 0 radical (unpaired) electrons. The summed E-state index contributed by atoms with van der Waals surface area (Å²) in [6.45, 7) is 5.65. The summed E-state index contributed by atoms with van der Waals surface area (Å²) in [5.41, 5.74) is 0.631. The van der Waals surface area contributed by atoms with E-state index in [0.29, 0.717) is 18.0 Å². The van der Waals surface area contributed by atoms with E-state index in [1.54, 1.807) is 45.0 Å². The van der Waals surface area contributed by atoms with Crippen molar-refractivity contribution in [1.82, 2.24) is 14.8 Å². The molecule has 0 saturated carbocycles. The Kier molecular flexibility index (Phi) is 6.09. The van der Waals surface area contributed by atoms with Gasteiger partial charge in [0.05, 0.1) is 17.9 Å². The molecule has 1 aromatic heterocycles. The standard InChI is InChI=1S/C21H21F3N4O2/c1-4-30-20-26-18(14-6-5-7-15(12-14)21(22,23)24)28(27-20)17-10-8-16(9-11-17)25-19(29)13(2)3/h5-13H,4H2,1-3H3,(H,25,29). The minimum atomic E-state index is -4.47. The predicted octanol–water partition coefficient (Wildman–Crippen LogP) is 4.95. The van der Waals surface area contributed by atoms with Crippen LogP contribution in [0.3, 0.4) is 0 Å². The van der Waals surface area contributed by atoms with E-state index in [0.717, 1.165) is 12.1 Å². The second-order valence-electron chi connectivity index (χ2n) is 6.83. The Bertz CT molecular complexity index is 1030. The summed E-state index contributed by atoms with van der Waals surface area (Å²) < 4.78 is 46.2. The van der Waals surface area contributed by atoms with Crippen molar-refractivity contribution in [2.24, 2.45) is 5.92 Å². The zero-order valence-corrected chi connectivity index (χ0v) is 16.7. The summed E-state index contributed by atoms with van der Waals surface area (Å²) in [6, 6.07) is 11.7. The van der Waals surface area contributed by atoms with Gasteiger partial charge < -0.3 is 10.1 Å². The number of ether oxygens (including phenoxy) is 1. The molecule has 2 aromatic carbocycles. The Morgan fingerprint density at radius 1 is 1.17 bits per heavy atom. The van der Waals surface area contributed by atoms with Crippen LogP contribution in [0.2, 0.25) is 0 Å². The smallest absolute Gasteiger partial charge is 0.416 e. The monoisotopic (exact) mass is 418 g/mol. The molecule has 0 aliphatic rings. The van der Waals surface area contributed by atoms with Crippen molar-refractivity contribution in [3.05, 3.63) is 54.1 Å². The van der Waals surface area contributed by atoms with Crippen LogP contribution in [0.15, 0.2) is 48.5 Å². The van der Waals surface area contributed by atoms with Gasteiger partial charge >= 0.3 is 12.2 Å². The summed E-state index contributed by atoms with van der Waals surface area (Å²) in [7, 11) is 0. The highest BCUT2D eigenvalue weighted by Gasteiger charge is 2.31. The van der Waals surface area contributed by atoms with Gasteiger partial charge in [-0.3, -0.25) is 4.79 Å². The van der Waals surface area contributed by atoms with Gasteiger partial charge in [0, 0.05) is 17.2 Å². The van der Waals surface area contributed by atoms with E-state index in [1.165, 1.54) is 16.8 Å². The number of carbonyl (C=O) groups excluding carboxylic acids is 1. The lowest BCUT2D eigenvalue weighted by molar-refractivity contribution is -0.137. The predicted molar refractivity (Wildman–Crippen MR) is 106 cm³/mol. The van der Waals surface area contributed by atoms with Gasteiger partial charge in [0.1, 0.15) is 0 Å². The molecule has 1 N–H and O–H groups in total. The van der Waals surface area contributed by atoms with Crippen molar-refractivity contribution in [3.63, 3.8) is 0 Å². The molecule has 0 spiro atoms. The molecule has 158 valence electrons. The summed E-state index contributed by atoms with van der Waals surface area (Å²) in [4.78, 5) is 16.1. The number of anilines is 1. The fraction of sp³-hybridized carbons (Fsp3) is 0.286. The molecule has 0 aliphatic carbocycles. The van der Waals surface area contributed by atoms with Gasteiger partial charge in [0.2, 0.25) is 5.91 Å². The Labute approximate surface area is 171 Å². The normalized spacial score (nSPS) is 11.6. The molecule has 0 aliphatic heterocycles. The number of carbonyl (C=O) groups is 1. The van der Waals surface area contributed by atoms with Crippen LogP contribution in [0, 0.1) is 5.92 Å². The van der Waals surface area contributed by atoms with Crippen LogP contribution in [-0.2, 0) is 11.0 Å². The lowest BCUT2D eigenvalue weighted by atomic mass is 10.1. The number of hydrogen-bond acceptors (Lipinski definition) is 4. The van der Waals surface area contributed by atoms with Crippen molar-refractivity contribution in [2.75, 3.05) is 11.9 Å². The van der Waals surface area contributed by atoms with E-state index in [4.69, 9.17) is 4.74 Å². The van der Waals surface area contributed by atoms with E-state index in [9.17, 15) is 18.0 Å². The lowest BCUT2D eigenvalue weighted by Crippen LogP contribution is -2.17. The van der Waals surface area contributed by atoms with Gasteiger partial charge in [-0.1, -0.05) is 26.0 Å². The first-order chi connectivity index (χ1) is 14.2. The number of aromatic nitrogens is 3. The highest BCUT2D eigenvalue weighted by molar-refractivity contribution is 5.92. The van der Waals surface area contributed by atoms with Gasteiger partial charge in [-0.15, -0.1) is 5.10 Å². The zero-order valence-electron chi connectivity index (χ0n) is 16.7. The average Bonchev–Trinajstić information content (AvgIpc) is 3.12. The van der Waals surface area contributed by atoms with Crippen LogP contribution in [-0.4, -0.2) is 27.3 Å². The molecular weight excluding hydrogens is 397 g/mol. The fourth-order valence-electron chi connectivity index (χ4n) is 2.66. The number of benzene rings is 2. The quantitative estimate of drug-likeness (QED) is 0.615. The average molecular weight is 418 g/mol. The van der Waals surface area contributed by atoms with Gasteiger partial charge in [-0.05, 0) is 43.3 Å². The van der Waals surface area contributed by atoms with Crippen molar-refractivity contribution in [2.45, 2.75) is 26.9 Å². The summed E-state index contributed by atoms with van der Waals surface area (Å²) >= 11 is 0. The summed E-state index contributed by atoms with van der Waals surface area (Å²) in [5, 5.41) is 7.05. The Hall–Kier alpha value is -3.36. The van der Waals surface area contributed by atoms with Crippen LogP contribution in [0.25, 0.3) is 17.1 Å². The number of nitrogens with one attached hydrogen (secondary N) is 1. The Morgan fingerprint density at radius 2 is 1.87 bits per heavy atom. The highest BCUT2D eigenvalue weighted by atomic mass is 19.4. The molecule has 1 amide bonds. The zero-order chi connectivity index (χ0) is 21.9. The Balaban J connectivity index is 2.00. The SMILES string of the molecule is CCOc1nc(-c2cccc(C(F)(F)F)c2)n(-c2ccc(NC(=O)C(C)C)cc2)n1. The maximum absolute atomic E-state index is 13.1. The first kappa shape index (κ1) is 21.4. The van der Waals surface area contributed by atoms with Gasteiger partial charge in [0.25, 0.3) is 0 Å². The number of nitrogens with zero attached hydrogens (tertiary/aromatic N) is 3. The van der Waals surface area contributed by atoms with E-state index >= 15 is 0 Å². The third-order valence-corrected chi connectivity index (χ3v) is 4.21. The maximum Gasteiger partial charge on any atom is 0.416 e. The van der Waals surface area contributed by atoms with E-state index in [-0.39, 0.29) is 29.2 Å². The van der Waals surface area contributed by atoms with E-state index < -0.39 is 11.7 Å². The second-order valence-corrected chi connectivity index (χ2v) is 6.83. The third kappa shape index (κ3) is 4.79. The number of amides is 1. The van der Waals surface area contributed by atoms with Crippen molar-refractivity contribution in [3.8, 4) is 23.1 Å². The molecule has 0 saturated heterocycles. The molecule has 0 fully saturated rings. The highest BCUT2D eigenvalue weighted by Crippen LogP contribution is 2.33. The minimum absolute atomic E-state index is 0.0575. The van der Waals surface area contributed by atoms with E-state index in [2.05, 4.69) is 15.4 Å². The largest absolute Gasteiger partial charge is 0.463 e. The molecule has 30 heavy (non-hydrogen) atoms. The minimum Gasteiger partial charge on any atom is -0.463 e. The molecule has 3 rings (SSSR count). The molecule has 6 nitrogen and oxygen atoms in total. The molecule has 1 heterocycles. The summed E-state index contributed by atoms with van der Waals surface area (Å²) in [5.74, 6) is -0.0726. The van der Waals surface area contributed by atoms with Crippen LogP contribution >= 0.6 is 0 Å². The maximum atomic E-state index is 13.1. The molecule has 3 aromatic rings. The molecular formula is C21H21F3N4O2. The van der Waals surface area contributed by atoms with E-state index in [1.807, 2.05) is 0 Å². The van der Waals surface area contributed by atoms with Crippen molar-refractivity contribution >= 4 is 11.6 Å². The van der Waals surface area contributed by atoms with Crippen LogP contribution in [0.4, 0.5) is 18.9 Å². The van der Waals surface area contributed by atoms with Crippen molar-refractivity contribution < 1.29 is 22.7 Å². The first-order valence-electron chi connectivity index (χ1n) is 9.38.